The Morgan fingerprint density at radius 3 is 1.45 bits per heavy atom. The van der Waals surface area contributed by atoms with E-state index in [-0.39, 0.29) is 0 Å². The highest BCUT2D eigenvalue weighted by Crippen LogP contribution is 2.43. The maximum atomic E-state index is 5.17. The second-order valence-corrected chi connectivity index (χ2v) is 15.5. The summed E-state index contributed by atoms with van der Waals surface area (Å²) in [5, 5.41) is 0. The Bertz CT molecular complexity index is 3160. The summed E-state index contributed by atoms with van der Waals surface area (Å²) in [4.78, 5) is 12.7. The first-order valence-electron chi connectivity index (χ1n) is 21.1. The van der Waals surface area contributed by atoms with Crippen LogP contribution in [0.25, 0.3) is 85.2 Å². The summed E-state index contributed by atoms with van der Waals surface area (Å²) in [6.07, 6.45) is 11.6. The number of nitrogens with zero attached hydrogens (tertiary/aromatic N) is 5. The van der Waals surface area contributed by atoms with Crippen molar-refractivity contribution in [2.24, 2.45) is 0 Å². The number of rotatable bonds is 9. The zero-order valence-corrected chi connectivity index (χ0v) is 34.0. The van der Waals surface area contributed by atoms with Crippen LogP contribution in [0.15, 0.2) is 225 Å². The topological polar surface area (TPSA) is 38.4 Å². The standard InChI is InChI=1S/C57H41N5/c1-6-18-41(19-7-1)47-38-48(42-20-8-2-9-21-42)40-51(39-47)62(50-34-30-46(31-35-50)57-55(44-24-12-4-13-25-44)59-53-27-15-17-37-61(53)57)49-32-28-45(29-33-49)56-54(43-22-10-3-11-23-43)58-52-26-14-5-16-36-60(52)56/h1-4,6-40H,5H2. The Balaban J connectivity index is 1.08. The van der Waals surface area contributed by atoms with Crippen molar-refractivity contribution in [2.75, 3.05) is 4.90 Å². The molecular formula is C57H41N5. The van der Waals surface area contributed by atoms with E-state index in [9.17, 15) is 0 Å². The minimum Gasteiger partial charge on any atom is -0.310 e. The van der Waals surface area contributed by atoms with Crippen molar-refractivity contribution < 1.29 is 0 Å². The summed E-state index contributed by atoms with van der Waals surface area (Å²) < 4.78 is 4.41. The molecule has 294 valence electrons. The molecular weight excluding hydrogens is 755 g/mol. The van der Waals surface area contributed by atoms with Crippen LogP contribution >= 0.6 is 0 Å². The smallest absolute Gasteiger partial charge is 0.137 e. The van der Waals surface area contributed by atoms with Crippen LogP contribution in [0.2, 0.25) is 0 Å². The molecule has 3 aromatic heterocycles. The molecule has 0 atom stereocenters. The molecule has 0 N–H and O–H groups in total. The number of imidazole rings is 2. The number of fused-ring (bicyclic) bond motifs is 2. The fraction of sp³-hybridized carbons (Fsp3) is 0.0175. The number of anilines is 3. The van der Waals surface area contributed by atoms with Crippen LogP contribution in [-0.2, 0) is 0 Å². The van der Waals surface area contributed by atoms with Crippen molar-refractivity contribution in [1.29, 1.82) is 0 Å². The first kappa shape index (κ1) is 36.8. The van der Waals surface area contributed by atoms with Gasteiger partial charge in [0.15, 0.2) is 0 Å². The largest absolute Gasteiger partial charge is 0.310 e. The van der Waals surface area contributed by atoms with E-state index in [2.05, 4.69) is 239 Å². The quantitative estimate of drug-likeness (QED) is 0.146. The molecule has 11 rings (SSSR count). The van der Waals surface area contributed by atoms with Gasteiger partial charge >= 0.3 is 0 Å². The Kier molecular flexibility index (Phi) is 9.52. The van der Waals surface area contributed by atoms with Crippen LogP contribution in [-0.4, -0.2) is 18.9 Å². The van der Waals surface area contributed by atoms with Gasteiger partial charge in [-0.15, -0.1) is 0 Å². The van der Waals surface area contributed by atoms with Gasteiger partial charge < -0.3 is 4.90 Å². The van der Waals surface area contributed by atoms with Crippen LogP contribution in [0.4, 0.5) is 17.1 Å². The predicted molar refractivity (Wildman–Crippen MR) is 257 cm³/mol. The maximum Gasteiger partial charge on any atom is 0.137 e. The summed E-state index contributed by atoms with van der Waals surface area (Å²) in [5.74, 6) is 0.922. The monoisotopic (exact) mass is 795 g/mol. The van der Waals surface area contributed by atoms with Gasteiger partial charge in [-0.2, -0.15) is 0 Å². The highest BCUT2D eigenvalue weighted by molar-refractivity contribution is 5.89. The summed E-state index contributed by atoms with van der Waals surface area (Å²) in [6, 6.07) is 73.2. The summed E-state index contributed by atoms with van der Waals surface area (Å²) in [5.41, 5.74) is 17.1. The molecule has 10 aromatic rings. The second kappa shape index (κ2) is 16.1. The molecule has 0 radical (unpaired) electrons. The predicted octanol–water partition coefficient (Wildman–Crippen LogP) is 14.9. The number of aromatic nitrogens is 4. The lowest BCUT2D eigenvalue weighted by molar-refractivity contribution is 1.11. The molecule has 0 unspecified atom stereocenters. The van der Waals surface area contributed by atoms with E-state index in [1.165, 1.54) is 0 Å². The third kappa shape index (κ3) is 6.91. The molecule has 1 aliphatic rings. The van der Waals surface area contributed by atoms with Gasteiger partial charge in [0.25, 0.3) is 0 Å². The zero-order valence-electron chi connectivity index (χ0n) is 34.0. The van der Waals surface area contributed by atoms with Gasteiger partial charge in [0.2, 0.25) is 0 Å². The van der Waals surface area contributed by atoms with E-state index >= 15 is 0 Å². The molecule has 4 heterocycles. The fourth-order valence-corrected chi connectivity index (χ4v) is 8.60. The molecule has 0 saturated heterocycles. The molecule has 62 heavy (non-hydrogen) atoms. The lowest BCUT2D eigenvalue weighted by Crippen LogP contribution is -2.10. The van der Waals surface area contributed by atoms with Gasteiger partial charge in [-0.3, -0.25) is 8.97 Å². The Labute approximate surface area is 361 Å². The molecule has 0 saturated carbocycles. The third-order valence-corrected chi connectivity index (χ3v) is 11.5. The molecule has 0 spiro atoms. The van der Waals surface area contributed by atoms with E-state index in [0.29, 0.717) is 0 Å². The van der Waals surface area contributed by atoms with Gasteiger partial charge in [-0.1, -0.05) is 164 Å². The SMILES string of the molecule is C1=Cc2nc(-c3ccccc3)c(-c3ccc(N(c4ccc(-c5c(-c6ccccc6)nc6ccccn56)cc4)c4cc(-c5ccccc5)cc(-c5ccccc5)c4)cc3)n2C=CC1. The van der Waals surface area contributed by atoms with Crippen molar-refractivity contribution in [3.05, 3.63) is 230 Å². The molecule has 5 heteroatoms. The normalized spacial score (nSPS) is 12.0. The van der Waals surface area contributed by atoms with Gasteiger partial charge in [-0.25, -0.2) is 9.97 Å². The fourth-order valence-electron chi connectivity index (χ4n) is 8.60. The number of allylic oxidation sites excluding steroid dienone is 2. The van der Waals surface area contributed by atoms with Crippen molar-refractivity contribution in [1.82, 2.24) is 18.9 Å². The van der Waals surface area contributed by atoms with Crippen molar-refractivity contribution in [3.8, 4) is 67.3 Å². The van der Waals surface area contributed by atoms with Crippen molar-refractivity contribution >= 4 is 35.0 Å². The van der Waals surface area contributed by atoms with Crippen LogP contribution < -0.4 is 4.90 Å². The maximum absolute atomic E-state index is 5.17. The van der Waals surface area contributed by atoms with E-state index in [0.717, 1.165) is 102 Å². The lowest BCUT2D eigenvalue weighted by atomic mass is 9.97. The Morgan fingerprint density at radius 2 is 0.887 bits per heavy atom. The van der Waals surface area contributed by atoms with Gasteiger partial charge in [-0.05, 0) is 89.3 Å². The average Bonchev–Trinajstić information content (AvgIpc) is 3.83. The van der Waals surface area contributed by atoms with Gasteiger partial charge in [0.05, 0.1) is 22.8 Å². The second-order valence-electron chi connectivity index (χ2n) is 15.5. The molecule has 0 bridgehead atoms. The first-order chi connectivity index (χ1) is 30.7. The van der Waals surface area contributed by atoms with E-state index in [4.69, 9.17) is 9.97 Å². The van der Waals surface area contributed by atoms with Gasteiger partial charge in [0.1, 0.15) is 11.5 Å². The molecule has 0 aliphatic carbocycles. The number of pyridine rings is 1. The van der Waals surface area contributed by atoms with Crippen LogP contribution in [0.3, 0.4) is 0 Å². The number of hydrogen-bond acceptors (Lipinski definition) is 3. The third-order valence-electron chi connectivity index (χ3n) is 11.5. The van der Waals surface area contributed by atoms with Crippen molar-refractivity contribution in [2.45, 2.75) is 6.42 Å². The highest BCUT2D eigenvalue weighted by Gasteiger charge is 2.22. The minimum absolute atomic E-state index is 0.869. The van der Waals surface area contributed by atoms with Crippen molar-refractivity contribution in [3.63, 3.8) is 0 Å². The first-order valence-corrected chi connectivity index (χ1v) is 21.1. The summed E-state index contributed by atoms with van der Waals surface area (Å²) in [6.45, 7) is 0. The molecule has 0 fully saturated rings. The molecule has 5 nitrogen and oxygen atoms in total. The molecule has 7 aromatic carbocycles. The minimum atomic E-state index is 0.869. The number of hydrogen-bond donors (Lipinski definition) is 0. The zero-order chi connectivity index (χ0) is 41.2. The molecule has 1 aliphatic heterocycles. The van der Waals surface area contributed by atoms with Crippen LogP contribution in [0, 0.1) is 0 Å². The number of benzene rings is 7. The van der Waals surface area contributed by atoms with Crippen LogP contribution in [0.5, 0.6) is 0 Å². The van der Waals surface area contributed by atoms with Crippen LogP contribution in [0.1, 0.15) is 12.2 Å². The lowest BCUT2D eigenvalue weighted by Gasteiger charge is -2.27. The molecule has 0 amide bonds. The average molecular weight is 796 g/mol. The summed E-state index contributed by atoms with van der Waals surface area (Å²) in [7, 11) is 0. The van der Waals surface area contributed by atoms with Gasteiger partial charge in [0, 0.05) is 51.7 Å². The highest BCUT2D eigenvalue weighted by atomic mass is 15.1. The Hall–Kier alpha value is -8.28. The summed E-state index contributed by atoms with van der Waals surface area (Å²) >= 11 is 0. The van der Waals surface area contributed by atoms with E-state index in [1.54, 1.807) is 0 Å². The Morgan fingerprint density at radius 1 is 0.387 bits per heavy atom. The van der Waals surface area contributed by atoms with E-state index in [1.807, 2.05) is 12.1 Å². The van der Waals surface area contributed by atoms with E-state index < -0.39 is 0 Å².